The Hall–Kier alpha value is -4.90. The van der Waals surface area contributed by atoms with Gasteiger partial charge in [0, 0.05) is 29.5 Å². The SMILES string of the molecule is Cc1nnc(-c2c(CCc3ccc(F)cc3)nc3c(c2-c2ccc(C(=O)N[C@@H]4COc5ccccc54)s2)C(=O)N2CCC[C@H]32)o1. The molecule has 1 fully saturated rings. The van der Waals surface area contributed by atoms with Gasteiger partial charge in [-0.25, -0.2) is 4.39 Å². The van der Waals surface area contributed by atoms with E-state index in [-0.39, 0.29) is 35.6 Å². The lowest BCUT2D eigenvalue weighted by Gasteiger charge is -2.16. The fourth-order valence-electron chi connectivity index (χ4n) is 6.62. The first-order valence-electron chi connectivity index (χ1n) is 15.0. The molecule has 0 aliphatic carbocycles. The van der Waals surface area contributed by atoms with Gasteiger partial charge in [0.2, 0.25) is 11.8 Å². The van der Waals surface area contributed by atoms with Gasteiger partial charge in [-0.1, -0.05) is 30.3 Å². The van der Waals surface area contributed by atoms with Gasteiger partial charge in [0.1, 0.15) is 18.2 Å². The molecule has 5 aromatic rings. The Morgan fingerprint density at radius 1 is 1.04 bits per heavy atom. The number of ether oxygens (including phenoxy) is 1. The van der Waals surface area contributed by atoms with Gasteiger partial charge >= 0.3 is 0 Å². The largest absolute Gasteiger partial charge is 0.491 e. The smallest absolute Gasteiger partial charge is 0.261 e. The molecule has 1 N–H and O–H groups in total. The van der Waals surface area contributed by atoms with Crippen LogP contribution in [0.15, 0.2) is 65.1 Å². The molecule has 0 saturated carbocycles. The second kappa shape index (κ2) is 10.9. The maximum absolute atomic E-state index is 14.0. The number of aromatic nitrogens is 3. The summed E-state index contributed by atoms with van der Waals surface area (Å²) in [6.07, 6.45) is 2.85. The Morgan fingerprint density at radius 3 is 2.71 bits per heavy atom. The molecule has 45 heavy (non-hydrogen) atoms. The number of nitrogens with one attached hydrogen (secondary N) is 1. The molecule has 2 amide bonds. The Labute approximate surface area is 262 Å². The van der Waals surface area contributed by atoms with Crippen LogP contribution in [0.4, 0.5) is 4.39 Å². The minimum Gasteiger partial charge on any atom is -0.491 e. The number of thiophene rings is 1. The molecule has 0 radical (unpaired) electrons. The molecule has 0 spiro atoms. The Kier molecular flexibility index (Phi) is 6.71. The average molecular weight is 622 g/mol. The number of para-hydroxylation sites is 1. The fourth-order valence-corrected chi connectivity index (χ4v) is 7.59. The van der Waals surface area contributed by atoms with E-state index in [1.807, 2.05) is 35.2 Å². The maximum Gasteiger partial charge on any atom is 0.261 e. The molecule has 3 aromatic heterocycles. The van der Waals surface area contributed by atoms with Gasteiger partial charge in [0.05, 0.1) is 39.5 Å². The molecule has 3 aliphatic heterocycles. The second-order valence-electron chi connectivity index (χ2n) is 11.5. The van der Waals surface area contributed by atoms with Crippen LogP contribution in [0.25, 0.3) is 21.9 Å². The van der Waals surface area contributed by atoms with Gasteiger partial charge in [-0.2, -0.15) is 0 Å². The number of carbonyl (C=O) groups is 2. The van der Waals surface area contributed by atoms with E-state index in [0.29, 0.717) is 53.5 Å². The highest BCUT2D eigenvalue weighted by Gasteiger charge is 2.45. The standard InChI is InChI=1S/C34H28FN5O4S/c1-18-38-39-33(44-18)28-22(13-10-19-8-11-20(35)12-9-19)36-31-24-6-4-16-40(24)34(42)30(31)29(28)26-14-15-27(45-26)32(41)37-23-17-43-25-7-3-2-5-21(23)25/h2-3,5,7-9,11-12,14-15,23-24H,4,6,10,13,16-17H2,1H3,(H,37,41)/t23-,24-/m1/s1. The van der Waals surface area contributed by atoms with Crippen molar-refractivity contribution in [2.75, 3.05) is 13.2 Å². The summed E-state index contributed by atoms with van der Waals surface area (Å²) in [6.45, 7) is 2.75. The predicted molar refractivity (Wildman–Crippen MR) is 165 cm³/mol. The van der Waals surface area contributed by atoms with Crippen molar-refractivity contribution >= 4 is 23.2 Å². The molecular weight excluding hydrogens is 593 g/mol. The molecule has 2 aromatic carbocycles. The maximum atomic E-state index is 14.0. The summed E-state index contributed by atoms with van der Waals surface area (Å²) in [5.74, 6) is 0.844. The Bertz CT molecular complexity index is 1970. The molecule has 1 saturated heterocycles. The van der Waals surface area contributed by atoms with Gasteiger partial charge in [-0.05, 0) is 61.6 Å². The van der Waals surface area contributed by atoms with Gasteiger partial charge in [0.25, 0.3) is 11.8 Å². The quantitative estimate of drug-likeness (QED) is 0.229. The van der Waals surface area contributed by atoms with E-state index in [1.165, 1.54) is 23.5 Å². The molecule has 9 nitrogen and oxygen atoms in total. The summed E-state index contributed by atoms with van der Waals surface area (Å²) in [5.41, 5.74) is 5.16. The first-order valence-corrected chi connectivity index (χ1v) is 15.8. The van der Waals surface area contributed by atoms with Gasteiger partial charge in [-0.3, -0.25) is 14.6 Å². The molecule has 226 valence electrons. The number of aryl methyl sites for hydroxylation is 3. The second-order valence-corrected chi connectivity index (χ2v) is 12.6. The minimum absolute atomic E-state index is 0.0725. The summed E-state index contributed by atoms with van der Waals surface area (Å²) >= 11 is 1.31. The molecular formula is C34H28FN5O4S. The summed E-state index contributed by atoms with van der Waals surface area (Å²) in [7, 11) is 0. The van der Waals surface area contributed by atoms with Gasteiger partial charge in [0.15, 0.2) is 0 Å². The van der Waals surface area contributed by atoms with Crippen LogP contribution in [0.1, 0.15) is 73.4 Å². The fraction of sp³-hybridized carbons (Fsp3) is 0.265. The summed E-state index contributed by atoms with van der Waals surface area (Å²) in [5, 5.41) is 11.6. The molecule has 0 unspecified atom stereocenters. The number of halogens is 1. The average Bonchev–Trinajstić information content (AvgIpc) is 3.88. The van der Waals surface area contributed by atoms with Crippen LogP contribution in [-0.2, 0) is 12.8 Å². The van der Waals surface area contributed by atoms with Crippen molar-refractivity contribution in [2.24, 2.45) is 0 Å². The lowest BCUT2D eigenvalue weighted by Crippen LogP contribution is -2.28. The van der Waals surface area contributed by atoms with Crippen molar-refractivity contribution in [2.45, 2.75) is 44.7 Å². The predicted octanol–water partition coefficient (Wildman–Crippen LogP) is 6.25. The minimum atomic E-state index is -0.291. The van der Waals surface area contributed by atoms with Crippen molar-refractivity contribution in [1.29, 1.82) is 0 Å². The number of pyridine rings is 1. The zero-order chi connectivity index (χ0) is 30.7. The topological polar surface area (TPSA) is 110 Å². The molecule has 8 rings (SSSR count). The van der Waals surface area contributed by atoms with Crippen LogP contribution < -0.4 is 10.1 Å². The molecule has 0 bridgehead atoms. The van der Waals surface area contributed by atoms with Crippen LogP contribution in [0.2, 0.25) is 0 Å². The van der Waals surface area contributed by atoms with Crippen LogP contribution in [0.3, 0.4) is 0 Å². The van der Waals surface area contributed by atoms with Gasteiger partial charge in [-0.15, -0.1) is 21.5 Å². The molecule has 11 heteroatoms. The zero-order valence-electron chi connectivity index (χ0n) is 24.4. The lowest BCUT2D eigenvalue weighted by molar-refractivity contribution is 0.0776. The number of fused-ring (bicyclic) bond motifs is 4. The Balaban J connectivity index is 1.23. The lowest BCUT2D eigenvalue weighted by atomic mass is 9.93. The van der Waals surface area contributed by atoms with Crippen molar-refractivity contribution in [1.82, 2.24) is 25.4 Å². The molecule has 6 heterocycles. The number of nitrogens with zero attached hydrogens (tertiary/aromatic N) is 4. The zero-order valence-corrected chi connectivity index (χ0v) is 25.2. The highest BCUT2D eigenvalue weighted by molar-refractivity contribution is 7.17. The Morgan fingerprint density at radius 2 is 1.89 bits per heavy atom. The van der Waals surface area contributed by atoms with E-state index in [2.05, 4.69) is 15.5 Å². The van der Waals surface area contributed by atoms with Crippen LogP contribution in [0, 0.1) is 12.7 Å². The van der Waals surface area contributed by atoms with Crippen molar-refractivity contribution < 1.29 is 23.1 Å². The normalized spacial score (nSPS) is 18.1. The monoisotopic (exact) mass is 621 g/mol. The van der Waals surface area contributed by atoms with Crippen molar-refractivity contribution in [3.8, 4) is 27.6 Å². The van der Waals surface area contributed by atoms with Crippen LogP contribution >= 0.6 is 11.3 Å². The van der Waals surface area contributed by atoms with Crippen LogP contribution in [-0.4, -0.2) is 45.0 Å². The third-order valence-electron chi connectivity index (χ3n) is 8.73. The molecule has 2 atom stereocenters. The van der Waals surface area contributed by atoms with E-state index in [0.717, 1.165) is 46.0 Å². The van der Waals surface area contributed by atoms with Crippen molar-refractivity contribution in [3.05, 3.63) is 105 Å². The highest BCUT2D eigenvalue weighted by atomic mass is 32.1. The van der Waals surface area contributed by atoms with E-state index in [4.69, 9.17) is 14.1 Å². The number of benzene rings is 2. The van der Waals surface area contributed by atoms with Crippen LogP contribution in [0.5, 0.6) is 5.75 Å². The summed E-state index contributed by atoms with van der Waals surface area (Å²) in [6, 6.07) is 17.4. The number of amides is 2. The number of carbonyl (C=O) groups excluding carboxylic acids is 2. The number of hydrogen-bond acceptors (Lipinski definition) is 8. The third kappa shape index (κ3) is 4.78. The summed E-state index contributed by atoms with van der Waals surface area (Å²) in [4.78, 5) is 35.7. The number of rotatable bonds is 7. The first kappa shape index (κ1) is 27.6. The number of hydrogen-bond donors (Lipinski definition) is 1. The van der Waals surface area contributed by atoms with E-state index in [1.54, 1.807) is 25.1 Å². The first-order chi connectivity index (χ1) is 21.9. The molecule has 3 aliphatic rings. The van der Waals surface area contributed by atoms with Crippen molar-refractivity contribution in [3.63, 3.8) is 0 Å². The van der Waals surface area contributed by atoms with E-state index in [9.17, 15) is 14.0 Å². The van der Waals surface area contributed by atoms with E-state index < -0.39 is 0 Å². The van der Waals surface area contributed by atoms with Gasteiger partial charge < -0.3 is 19.4 Å². The summed E-state index contributed by atoms with van der Waals surface area (Å²) < 4.78 is 25.4. The highest BCUT2D eigenvalue weighted by Crippen LogP contribution is 2.49. The van der Waals surface area contributed by atoms with E-state index >= 15 is 0 Å². The third-order valence-corrected chi connectivity index (χ3v) is 9.83.